The fourth-order valence-electron chi connectivity index (χ4n) is 0.574. The second kappa shape index (κ2) is 5.36. The van der Waals surface area contributed by atoms with Crippen molar-refractivity contribution in [3.63, 3.8) is 0 Å². The Hall–Kier alpha value is -1.30. The van der Waals surface area contributed by atoms with Crippen molar-refractivity contribution >= 4 is 0 Å². The first kappa shape index (κ1) is 10.7. The summed E-state index contributed by atoms with van der Waals surface area (Å²) in [5, 5.41) is 0. The van der Waals surface area contributed by atoms with Gasteiger partial charge in [0.05, 0.1) is 0 Å². The number of rotatable bonds is 5. The van der Waals surface area contributed by atoms with Crippen molar-refractivity contribution < 1.29 is 0 Å². The molecule has 0 aliphatic carbocycles. The molecular weight excluding hydrogens is 144 g/mol. The van der Waals surface area contributed by atoms with Crippen LogP contribution in [0.5, 0.6) is 0 Å². The van der Waals surface area contributed by atoms with Crippen LogP contribution in [-0.2, 0) is 0 Å². The Labute approximate surface area is 75.3 Å². The van der Waals surface area contributed by atoms with Crippen molar-refractivity contribution in [2.45, 2.75) is 13.3 Å². The molecular formula is C12H16. The van der Waals surface area contributed by atoms with Gasteiger partial charge in [-0.25, -0.2) is 0 Å². The highest BCUT2D eigenvalue weighted by Crippen LogP contribution is 2.09. The lowest BCUT2D eigenvalue weighted by atomic mass is 10.1. The first-order valence-corrected chi connectivity index (χ1v) is 3.98. The number of hydrogen-bond donors (Lipinski definition) is 0. The Morgan fingerprint density at radius 1 is 1.08 bits per heavy atom. The van der Waals surface area contributed by atoms with Gasteiger partial charge in [-0.2, -0.15) is 0 Å². The normalized spacial score (nSPS) is 9.75. The Bertz CT molecular complexity index is 239. The van der Waals surface area contributed by atoms with Crippen molar-refractivity contribution in [3.05, 3.63) is 61.3 Å². The molecule has 64 valence electrons. The molecule has 0 unspecified atom stereocenters. The zero-order chi connectivity index (χ0) is 9.56. The SMILES string of the molecule is C=CC(=C)C(=C)/C=C\C(=C)CC. The fourth-order valence-corrected chi connectivity index (χ4v) is 0.574. The van der Waals surface area contributed by atoms with E-state index in [1.54, 1.807) is 6.08 Å². The molecule has 0 saturated heterocycles. The minimum absolute atomic E-state index is 0.857. The first-order valence-electron chi connectivity index (χ1n) is 3.98. The van der Waals surface area contributed by atoms with Gasteiger partial charge in [0.2, 0.25) is 0 Å². The van der Waals surface area contributed by atoms with Crippen molar-refractivity contribution in [1.82, 2.24) is 0 Å². The van der Waals surface area contributed by atoms with E-state index in [-0.39, 0.29) is 0 Å². The molecule has 0 heterocycles. The first-order chi connectivity index (χ1) is 5.61. The van der Waals surface area contributed by atoms with Crippen LogP contribution in [0.2, 0.25) is 0 Å². The molecule has 0 N–H and O–H groups in total. The number of hydrogen-bond acceptors (Lipinski definition) is 0. The van der Waals surface area contributed by atoms with Gasteiger partial charge in [0.15, 0.2) is 0 Å². The summed E-state index contributed by atoms with van der Waals surface area (Å²) < 4.78 is 0. The van der Waals surface area contributed by atoms with Gasteiger partial charge in [-0.15, -0.1) is 0 Å². The monoisotopic (exact) mass is 160 g/mol. The topological polar surface area (TPSA) is 0 Å². The third-order valence-electron chi connectivity index (χ3n) is 1.63. The molecule has 0 nitrogen and oxygen atoms in total. The summed E-state index contributed by atoms with van der Waals surface area (Å²) in [7, 11) is 0. The van der Waals surface area contributed by atoms with Gasteiger partial charge in [0, 0.05) is 0 Å². The van der Waals surface area contributed by atoms with Gasteiger partial charge in [0.1, 0.15) is 0 Å². The average molecular weight is 160 g/mol. The lowest BCUT2D eigenvalue weighted by Gasteiger charge is -1.97. The molecule has 0 spiro atoms. The van der Waals surface area contributed by atoms with E-state index in [0.717, 1.165) is 23.1 Å². The van der Waals surface area contributed by atoms with Gasteiger partial charge >= 0.3 is 0 Å². The van der Waals surface area contributed by atoms with Crippen molar-refractivity contribution in [2.75, 3.05) is 0 Å². The van der Waals surface area contributed by atoms with Crippen LogP contribution in [0.4, 0.5) is 0 Å². The summed E-state index contributed by atoms with van der Waals surface area (Å²) in [6.07, 6.45) is 6.53. The largest absolute Gasteiger partial charge is 0.0985 e. The Morgan fingerprint density at radius 3 is 2.08 bits per heavy atom. The Morgan fingerprint density at radius 2 is 1.67 bits per heavy atom. The average Bonchev–Trinajstić information content (AvgIpc) is 2.11. The van der Waals surface area contributed by atoms with Crippen molar-refractivity contribution in [2.24, 2.45) is 0 Å². The quantitative estimate of drug-likeness (QED) is 0.536. The fraction of sp³-hybridized carbons (Fsp3) is 0.167. The number of allylic oxidation sites excluding steroid dienone is 6. The summed E-state index contributed by atoms with van der Waals surface area (Å²) >= 11 is 0. The van der Waals surface area contributed by atoms with Crippen LogP contribution in [0.15, 0.2) is 61.3 Å². The predicted octanol–water partition coefficient (Wildman–Crippen LogP) is 3.81. The molecule has 12 heavy (non-hydrogen) atoms. The van der Waals surface area contributed by atoms with Gasteiger partial charge in [0.25, 0.3) is 0 Å². The maximum atomic E-state index is 3.85. The maximum absolute atomic E-state index is 3.85. The van der Waals surface area contributed by atoms with Crippen LogP contribution < -0.4 is 0 Å². The molecule has 0 aromatic heterocycles. The highest BCUT2D eigenvalue weighted by molar-refractivity contribution is 5.43. The van der Waals surface area contributed by atoms with E-state index in [0.29, 0.717) is 0 Å². The van der Waals surface area contributed by atoms with Gasteiger partial charge < -0.3 is 0 Å². The predicted molar refractivity (Wildman–Crippen MR) is 57.0 cm³/mol. The molecule has 0 fully saturated rings. The van der Waals surface area contributed by atoms with E-state index in [9.17, 15) is 0 Å². The van der Waals surface area contributed by atoms with E-state index in [4.69, 9.17) is 0 Å². The van der Waals surface area contributed by atoms with Gasteiger partial charge in [-0.3, -0.25) is 0 Å². The molecule has 0 heteroatoms. The minimum atomic E-state index is 0.857. The van der Waals surface area contributed by atoms with E-state index in [1.807, 2.05) is 12.2 Å². The van der Waals surface area contributed by atoms with Crippen LogP contribution in [0.3, 0.4) is 0 Å². The highest BCUT2D eigenvalue weighted by atomic mass is 13.9. The van der Waals surface area contributed by atoms with E-state index in [1.165, 1.54) is 0 Å². The zero-order valence-electron chi connectivity index (χ0n) is 7.77. The molecule has 0 aliphatic heterocycles. The minimum Gasteiger partial charge on any atom is -0.0985 e. The second-order valence-corrected chi connectivity index (χ2v) is 2.60. The molecule has 0 amide bonds. The van der Waals surface area contributed by atoms with E-state index in [2.05, 4.69) is 33.2 Å². The molecule has 0 saturated carbocycles. The summed E-state index contributed by atoms with van der Waals surface area (Å²) in [6.45, 7) is 17.1. The molecule has 0 aromatic rings. The summed E-state index contributed by atoms with van der Waals surface area (Å²) in [5.41, 5.74) is 2.84. The molecule has 0 atom stereocenters. The third kappa shape index (κ3) is 3.77. The van der Waals surface area contributed by atoms with Crippen molar-refractivity contribution in [1.29, 1.82) is 0 Å². The van der Waals surface area contributed by atoms with Crippen molar-refractivity contribution in [3.8, 4) is 0 Å². The molecule has 0 aliphatic rings. The van der Waals surface area contributed by atoms with Crippen LogP contribution >= 0.6 is 0 Å². The molecule has 0 rings (SSSR count). The lowest BCUT2D eigenvalue weighted by molar-refractivity contribution is 1.16. The zero-order valence-corrected chi connectivity index (χ0v) is 7.77. The summed E-state index contributed by atoms with van der Waals surface area (Å²) in [6, 6.07) is 0. The Balaban J connectivity index is 4.17. The molecule has 0 radical (unpaired) electrons. The lowest BCUT2D eigenvalue weighted by Crippen LogP contribution is -1.77. The molecule has 0 aromatic carbocycles. The highest BCUT2D eigenvalue weighted by Gasteiger charge is 1.89. The molecule has 0 bridgehead atoms. The van der Waals surface area contributed by atoms with Gasteiger partial charge in [-0.1, -0.05) is 57.0 Å². The van der Waals surface area contributed by atoms with E-state index >= 15 is 0 Å². The summed E-state index contributed by atoms with van der Waals surface area (Å²) in [5.74, 6) is 0. The van der Waals surface area contributed by atoms with Gasteiger partial charge in [-0.05, 0) is 17.6 Å². The summed E-state index contributed by atoms with van der Waals surface area (Å²) in [4.78, 5) is 0. The standard InChI is InChI=1S/C12H16/c1-6-10(3)8-9-12(5)11(4)7-2/h7-9H,2-6H2,1H3/b9-8-. The maximum Gasteiger partial charge on any atom is -0.0262 e. The third-order valence-corrected chi connectivity index (χ3v) is 1.63. The van der Waals surface area contributed by atoms with Crippen LogP contribution in [0.25, 0.3) is 0 Å². The Kier molecular flexibility index (Phi) is 4.78. The van der Waals surface area contributed by atoms with E-state index < -0.39 is 0 Å². The smallest absolute Gasteiger partial charge is 0.0262 e. The van der Waals surface area contributed by atoms with Crippen LogP contribution in [0.1, 0.15) is 13.3 Å². The second-order valence-electron chi connectivity index (χ2n) is 2.60. The van der Waals surface area contributed by atoms with Crippen LogP contribution in [-0.4, -0.2) is 0 Å². The van der Waals surface area contributed by atoms with Crippen LogP contribution in [0, 0.1) is 0 Å².